The molecule has 6 heteroatoms. The Balaban J connectivity index is 1.85. The molecule has 1 aromatic carbocycles. The molecule has 0 amide bonds. The number of hydrogen-bond donors (Lipinski definition) is 1. The molecule has 1 aliphatic heterocycles. The molecule has 4 nitrogen and oxygen atoms in total. The van der Waals surface area contributed by atoms with Gasteiger partial charge in [-0.05, 0) is 12.0 Å². The second kappa shape index (κ2) is 7.61. The van der Waals surface area contributed by atoms with Gasteiger partial charge in [0.05, 0.1) is 12.5 Å². The molecule has 2 rings (SSSR count). The van der Waals surface area contributed by atoms with Crippen LogP contribution in [0.3, 0.4) is 0 Å². The van der Waals surface area contributed by atoms with Crippen molar-refractivity contribution in [1.29, 1.82) is 0 Å². The predicted octanol–water partition coefficient (Wildman–Crippen LogP) is 2.60. The summed E-state index contributed by atoms with van der Waals surface area (Å²) in [7, 11) is 0. The Kier molecular flexibility index (Phi) is 5.82. The topological polar surface area (TPSA) is 43.8 Å². The van der Waals surface area contributed by atoms with Gasteiger partial charge < -0.3 is 10.0 Å². The second-order valence-electron chi connectivity index (χ2n) is 4.76. The molecule has 1 aliphatic rings. The van der Waals surface area contributed by atoms with Gasteiger partial charge in [-0.25, -0.2) is 0 Å². The molecule has 1 heterocycles. The van der Waals surface area contributed by atoms with Gasteiger partial charge >= 0.3 is 5.97 Å². The maximum atomic E-state index is 10.5. The molecule has 0 aliphatic carbocycles. The lowest BCUT2D eigenvalue weighted by Crippen LogP contribution is -2.44. The van der Waals surface area contributed by atoms with Gasteiger partial charge in [-0.2, -0.15) is 0 Å². The lowest BCUT2D eigenvalue weighted by atomic mass is 10.2. The van der Waals surface area contributed by atoms with Crippen molar-refractivity contribution in [3.8, 4) is 0 Å². The quantitative estimate of drug-likeness (QED) is 0.815. The minimum atomic E-state index is -0.730. The summed E-state index contributed by atoms with van der Waals surface area (Å²) < 4.78 is 0.920. The van der Waals surface area contributed by atoms with Crippen LogP contribution in [0.5, 0.6) is 0 Å². The number of thiocarbonyl (C=S) groups is 1. The monoisotopic (exact) mass is 310 g/mol. The van der Waals surface area contributed by atoms with Gasteiger partial charge in [-0.3, -0.25) is 9.69 Å². The Hall–Kier alpha value is -1.11. The van der Waals surface area contributed by atoms with Crippen molar-refractivity contribution in [2.45, 2.75) is 19.4 Å². The number of aliphatic carboxylic acids is 1. The third-order valence-corrected chi connectivity index (χ3v) is 4.69. The summed E-state index contributed by atoms with van der Waals surface area (Å²) in [6.45, 7) is 2.38. The van der Waals surface area contributed by atoms with Crippen LogP contribution in [0.25, 0.3) is 0 Å². The molecule has 0 bridgehead atoms. The lowest BCUT2D eigenvalue weighted by molar-refractivity contribution is -0.137. The van der Waals surface area contributed by atoms with E-state index in [1.54, 1.807) is 11.8 Å². The van der Waals surface area contributed by atoms with Gasteiger partial charge in [-0.1, -0.05) is 54.3 Å². The lowest BCUT2D eigenvalue weighted by Gasteiger charge is -2.36. The molecule has 0 unspecified atom stereocenters. The van der Waals surface area contributed by atoms with Gasteiger partial charge in [-0.15, -0.1) is 0 Å². The van der Waals surface area contributed by atoms with Crippen molar-refractivity contribution in [3.63, 3.8) is 0 Å². The Morgan fingerprint density at radius 1 is 1.35 bits per heavy atom. The highest BCUT2D eigenvalue weighted by Gasteiger charge is 2.21. The maximum Gasteiger partial charge on any atom is 0.303 e. The van der Waals surface area contributed by atoms with E-state index >= 15 is 0 Å². The Morgan fingerprint density at radius 2 is 2.10 bits per heavy atom. The van der Waals surface area contributed by atoms with Gasteiger partial charge in [0.1, 0.15) is 4.32 Å². The summed E-state index contributed by atoms with van der Waals surface area (Å²) in [5, 5.41) is 8.68. The summed E-state index contributed by atoms with van der Waals surface area (Å²) in [6, 6.07) is 10.2. The summed E-state index contributed by atoms with van der Waals surface area (Å²) in [4.78, 5) is 15.0. The predicted molar refractivity (Wildman–Crippen MR) is 85.5 cm³/mol. The standard InChI is InChI=1S/C14H18N2O2S2/c17-13(18)7-4-8-15-10-16(14(19)20-11-15)9-12-5-2-1-3-6-12/h1-3,5-6H,4,7-11H2,(H,17,18). The Labute approximate surface area is 128 Å². The number of rotatable bonds is 6. The van der Waals surface area contributed by atoms with Crippen molar-refractivity contribution in [2.75, 3.05) is 19.1 Å². The second-order valence-corrected chi connectivity index (χ2v) is 6.33. The highest BCUT2D eigenvalue weighted by molar-refractivity contribution is 8.22. The first-order valence-corrected chi connectivity index (χ1v) is 7.94. The fourth-order valence-corrected chi connectivity index (χ4v) is 3.17. The number of carbonyl (C=O) groups is 1. The summed E-state index contributed by atoms with van der Waals surface area (Å²) in [5.41, 5.74) is 1.24. The number of thioether (sulfide) groups is 1. The number of hydrogen-bond acceptors (Lipinski definition) is 4. The normalized spacial score (nSPS) is 16.4. The first kappa shape index (κ1) is 15.3. The van der Waals surface area contributed by atoms with E-state index in [1.807, 2.05) is 18.2 Å². The Bertz CT molecular complexity index is 468. The molecule has 108 valence electrons. The third kappa shape index (κ3) is 4.77. The zero-order chi connectivity index (χ0) is 14.4. The summed E-state index contributed by atoms with van der Waals surface area (Å²) in [6.07, 6.45) is 0.909. The van der Waals surface area contributed by atoms with E-state index in [2.05, 4.69) is 21.9 Å². The van der Waals surface area contributed by atoms with E-state index in [0.29, 0.717) is 6.42 Å². The van der Waals surface area contributed by atoms with Gasteiger partial charge in [0, 0.05) is 19.5 Å². The van der Waals surface area contributed by atoms with Gasteiger partial charge in [0.15, 0.2) is 0 Å². The van der Waals surface area contributed by atoms with E-state index in [1.165, 1.54) is 5.56 Å². The number of nitrogens with zero attached hydrogens (tertiary/aromatic N) is 2. The van der Waals surface area contributed by atoms with Crippen LogP contribution in [0.1, 0.15) is 18.4 Å². The highest BCUT2D eigenvalue weighted by atomic mass is 32.2. The van der Waals surface area contributed by atoms with Crippen molar-refractivity contribution >= 4 is 34.3 Å². The van der Waals surface area contributed by atoms with Crippen molar-refractivity contribution < 1.29 is 9.90 Å². The minimum Gasteiger partial charge on any atom is -0.481 e. The van der Waals surface area contributed by atoms with Crippen LogP contribution >= 0.6 is 24.0 Å². The molecular weight excluding hydrogens is 292 g/mol. The van der Waals surface area contributed by atoms with Gasteiger partial charge in [0.2, 0.25) is 0 Å². The molecule has 1 fully saturated rings. The molecule has 0 radical (unpaired) electrons. The van der Waals surface area contributed by atoms with Crippen LogP contribution in [0.15, 0.2) is 30.3 Å². The van der Waals surface area contributed by atoms with Gasteiger partial charge in [0.25, 0.3) is 0 Å². The smallest absolute Gasteiger partial charge is 0.303 e. The molecule has 0 aromatic heterocycles. The van der Waals surface area contributed by atoms with E-state index in [-0.39, 0.29) is 6.42 Å². The minimum absolute atomic E-state index is 0.226. The zero-order valence-corrected chi connectivity index (χ0v) is 12.8. The number of carboxylic acids is 1. The van der Waals surface area contributed by atoms with Crippen LogP contribution in [0.4, 0.5) is 0 Å². The summed E-state index contributed by atoms with van der Waals surface area (Å²) >= 11 is 7.05. The largest absolute Gasteiger partial charge is 0.481 e. The fraction of sp³-hybridized carbons (Fsp3) is 0.429. The van der Waals surface area contributed by atoms with E-state index in [4.69, 9.17) is 17.3 Å². The molecular formula is C14H18N2O2S2. The molecule has 0 atom stereocenters. The number of benzene rings is 1. The molecule has 1 saturated heterocycles. The van der Waals surface area contributed by atoms with Crippen LogP contribution in [-0.4, -0.2) is 44.3 Å². The van der Waals surface area contributed by atoms with E-state index in [0.717, 1.165) is 30.0 Å². The summed E-state index contributed by atoms with van der Waals surface area (Å²) in [5.74, 6) is 0.121. The maximum absolute atomic E-state index is 10.5. The molecule has 1 aromatic rings. The first-order valence-electron chi connectivity index (χ1n) is 6.55. The average molecular weight is 310 g/mol. The van der Waals surface area contributed by atoms with Crippen LogP contribution in [0, 0.1) is 0 Å². The van der Waals surface area contributed by atoms with E-state index < -0.39 is 5.97 Å². The average Bonchev–Trinajstić information content (AvgIpc) is 2.43. The van der Waals surface area contributed by atoms with Crippen LogP contribution < -0.4 is 0 Å². The fourth-order valence-electron chi connectivity index (χ4n) is 2.09. The highest BCUT2D eigenvalue weighted by Crippen LogP contribution is 2.21. The first-order chi connectivity index (χ1) is 9.65. The Morgan fingerprint density at radius 3 is 2.80 bits per heavy atom. The third-order valence-electron chi connectivity index (χ3n) is 3.08. The molecule has 1 N–H and O–H groups in total. The van der Waals surface area contributed by atoms with Crippen molar-refractivity contribution in [1.82, 2.24) is 9.80 Å². The van der Waals surface area contributed by atoms with E-state index in [9.17, 15) is 4.79 Å². The number of carboxylic acid groups (broad SMARTS) is 1. The van der Waals surface area contributed by atoms with Crippen LogP contribution in [-0.2, 0) is 11.3 Å². The van der Waals surface area contributed by atoms with Crippen molar-refractivity contribution in [3.05, 3.63) is 35.9 Å². The molecule has 0 saturated carbocycles. The zero-order valence-electron chi connectivity index (χ0n) is 11.2. The molecule has 20 heavy (non-hydrogen) atoms. The van der Waals surface area contributed by atoms with Crippen molar-refractivity contribution in [2.24, 2.45) is 0 Å². The molecule has 0 spiro atoms. The SMILES string of the molecule is O=C(O)CCCN1CSC(=S)N(Cc2ccccc2)C1. The van der Waals surface area contributed by atoms with Crippen LogP contribution in [0.2, 0.25) is 0 Å².